The van der Waals surface area contributed by atoms with Crippen molar-refractivity contribution >= 4 is 29.2 Å². The average Bonchev–Trinajstić information content (AvgIpc) is 2.64. The minimum absolute atomic E-state index is 0.220. The minimum Gasteiger partial charge on any atom is -0.495 e. The van der Waals surface area contributed by atoms with E-state index in [4.69, 9.17) is 21.1 Å². The summed E-state index contributed by atoms with van der Waals surface area (Å²) in [4.78, 5) is 24.6. The number of amides is 1. The number of nitrogens with one attached hydrogen (secondary N) is 1. The van der Waals surface area contributed by atoms with Crippen LogP contribution in [0.15, 0.2) is 36.4 Å². The number of carbonyl (C=O) groups excluding carboxylic acids is 2. The van der Waals surface area contributed by atoms with E-state index in [1.165, 1.54) is 38.3 Å². The van der Waals surface area contributed by atoms with Crippen molar-refractivity contribution in [3.8, 4) is 11.5 Å². The number of esters is 1. The highest BCUT2D eigenvalue weighted by molar-refractivity contribution is 6.31. The molecule has 28 heavy (non-hydrogen) atoms. The van der Waals surface area contributed by atoms with E-state index in [0.29, 0.717) is 22.0 Å². The van der Waals surface area contributed by atoms with E-state index in [-0.39, 0.29) is 11.3 Å². The van der Waals surface area contributed by atoms with Crippen molar-refractivity contribution < 1.29 is 32.6 Å². The number of hydrogen-bond donors (Lipinski definition) is 1. The van der Waals surface area contributed by atoms with Gasteiger partial charge in [-0.1, -0.05) is 23.7 Å². The van der Waals surface area contributed by atoms with E-state index < -0.39 is 24.6 Å². The molecule has 0 aliphatic carbocycles. The molecule has 2 aromatic carbocycles. The maximum atomic E-state index is 12.5. The van der Waals surface area contributed by atoms with Crippen molar-refractivity contribution in [2.24, 2.45) is 0 Å². The predicted molar refractivity (Wildman–Crippen MR) is 99.3 cm³/mol. The van der Waals surface area contributed by atoms with E-state index in [1.54, 1.807) is 19.1 Å². The lowest BCUT2D eigenvalue weighted by Crippen LogP contribution is -2.30. The molecule has 1 atom stereocenters. The molecule has 2 aromatic rings. The fraction of sp³-hybridized carbons (Fsp3) is 0.263. The van der Waals surface area contributed by atoms with Crippen LogP contribution in [0.2, 0.25) is 5.02 Å². The second-order valence-corrected chi connectivity index (χ2v) is 6.12. The summed E-state index contributed by atoms with van der Waals surface area (Å²) >= 11 is 6.02. The fourth-order valence-corrected chi connectivity index (χ4v) is 2.43. The summed E-state index contributed by atoms with van der Waals surface area (Å²) < 4.78 is 39.5. The standard InChI is InChI=1S/C19H18ClF2NO5/c1-10-8-14(16(26-3)9-13(10)20)23-17(24)11(2)27-18(25)12-6-4-5-7-15(12)28-19(21)22/h4-9,11,19H,1-3H3,(H,23,24)/t11-/m1/s1. The summed E-state index contributed by atoms with van der Waals surface area (Å²) in [5.41, 5.74) is 0.835. The van der Waals surface area contributed by atoms with Gasteiger partial charge in [-0.3, -0.25) is 4.79 Å². The fourth-order valence-electron chi connectivity index (χ4n) is 2.28. The Kier molecular flexibility index (Phi) is 7.17. The van der Waals surface area contributed by atoms with E-state index in [2.05, 4.69) is 10.1 Å². The first-order chi connectivity index (χ1) is 13.2. The molecule has 0 heterocycles. The van der Waals surface area contributed by atoms with Gasteiger partial charge in [-0.15, -0.1) is 0 Å². The van der Waals surface area contributed by atoms with Crippen molar-refractivity contribution in [3.63, 3.8) is 0 Å². The summed E-state index contributed by atoms with van der Waals surface area (Å²) in [5.74, 6) is -1.62. The Morgan fingerprint density at radius 1 is 1.14 bits per heavy atom. The number of aryl methyl sites for hydroxylation is 1. The average molecular weight is 414 g/mol. The van der Waals surface area contributed by atoms with E-state index in [0.717, 1.165) is 0 Å². The third kappa shape index (κ3) is 5.32. The van der Waals surface area contributed by atoms with E-state index in [9.17, 15) is 18.4 Å². The Hall–Kier alpha value is -2.87. The van der Waals surface area contributed by atoms with Gasteiger partial charge < -0.3 is 19.5 Å². The van der Waals surface area contributed by atoms with Crippen LogP contribution in [0.4, 0.5) is 14.5 Å². The second-order valence-electron chi connectivity index (χ2n) is 5.71. The minimum atomic E-state index is -3.10. The summed E-state index contributed by atoms with van der Waals surface area (Å²) in [6.45, 7) is -0.00447. The normalized spacial score (nSPS) is 11.7. The Labute approximate surface area is 165 Å². The number of ether oxygens (including phenoxy) is 3. The smallest absolute Gasteiger partial charge is 0.387 e. The quantitative estimate of drug-likeness (QED) is 0.679. The lowest BCUT2D eigenvalue weighted by atomic mass is 10.2. The molecule has 0 aliphatic rings. The number of methoxy groups -OCH3 is 1. The van der Waals surface area contributed by atoms with Crippen LogP contribution in [0, 0.1) is 6.92 Å². The summed E-state index contributed by atoms with van der Waals surface area (Å²) in [5, 5.41) is 3.04. The molecule has 1 N–H and O–H groups in total. The number of alkyl halides is 2. The molecular formula is C19H18ClF2NO5. The first-order valence-corrected chi connectivity index (χ1v) is 8.50. The molecule has 0 saturated heterocycles. The van der Waals surface area contributed by atoms with Crippen LogP contribution >= 0.6 is 11.6 Å². The number of rotatable bonds is 7. The third-order valence-electron chi connectivity index (χ3n) is 3.71. The zero-order valence-electron chi connectivity index (χ0n) is 15.3. The molecule has 0 unspecified atom stereocenters. The Morgan fingerprint density at radius 3 is 2.46 bits per heavy atom. The van der Waals surface area contributed by atoms with Gasteiger partial charge in [0.15, 0.2) is 6.10 Å². The number of carbonyl (C=O) groups is 2. The zero-order chi connectivity index (χ0) is 20.8. The molecule has 1 amide bonds. The Bertz CT molecular complexity index is 875. The van der Waals surface area contributed by atoms with Crippen LogP contribution in [0.3, 0.4) is 0 Å². The molecule has 150 valence electrons. The first-order valence-electron chi connectivity index (χ1n) is 8.12. The molecule has 0 saturated carbocycles. The van der Waals surface area contributed by atoms with Crippen molar-refractivity contribution in [3.05, 3.63) is 52.5 Å². The molecule has 0 aliphatic heterocycles. The maximum absolute atomic E-state index is 12.5. The highest BCUT2D eigenvalue weighted by Crippen LogP contribution is 2.31. The highest BCUT2D eigenvalue weighted by Gasteiger charge is 2.23. The first kappa shape index (κ1) is 21.4. The molecule has 6 nitrogen and oxygen atoms in total. The molecule has 0 fully saturated rings. The highest BCUT2D eigenvalue weighted by atomic mass is 35.5. The van der Waals surface area contributed by atoms with Gasteiger partial charge in [0.1, 0.15) is 17.1 Å². The van der Waals surface area contributed by atoms with Gasteiger partial charge in [0.25, 0.3) is 5.91 Å². The van der Waals surface area contributed by atoms with Gasteiger partial charge in [0, 0.05) is 11.1 Å². The Morgan fingerprint density at radius 2 is 1.82 bits per heavy atom. The lowest BCUT2D eigenvalue weighted by molar-refractivity contribution is -0.123. The van der Waals surface area contributed by atoms with Gasteiger partial charge in [0.05, 0.1) is 12.8 Å². The van der Waals surface area contributed by atoms with Gasteiger partial charge in [-0.2, -0.15) is 8.78 Å². The van der Waals surface area contributed by atoms with Crippen LogP contribution in [0.5, 0.6) is 11.5 Å². The molecule has 0 spiro atoms. The molecule has 9 heteroatoms. The molecule has 0 radical (unpaired) electrons. The van der Waals surface area contributed by atoms with Gasteiger partial charge in [-0.05, 0) is 37.6 Å². The van der Waals surface area contributed by atoms with Crippen LogP contribution in [0.25, 0.3) is 0 Å². The van der Waals surface area contributed by atoms with Crippen LogP contribution in [-0.2, 0) is 9.53 Å². The number of anilines is 1. The molecule has 0 aromatic heterocycles. The zero-order valence-corrected chi connectivity index (χ0v) is 16.0. The third-order valence-corrected chi connectivity index (χ3v) is 4.12. The Balaban J connectivity index is 2.11. The second kappa shape index (κ2) is 9.36. The summed E-state index contributed by atoms with van der Waals surface area (Å²) in [7, 11) is 1.42. The topological polar surface area (TPSA) is 73.9 Å². The van der Waals surface area contributed by atoms with Crippen molar-refractivity contribution in [2.75, 3.05) is 12.4 Å². The summed E-state index contributed by atoms with van der Waals surface area (Å²) in [6.07, 6.45) is -1.22. The SMILES string of the molecule is COc1cc(Cl)c(C)cc1NC(=O)[C@@H](C)OC(=O)c1ccccc1OC(F)F. The monoisotopic (exact) mass is 413 g/mol. The largest absolute Gasteiger partial charge is 0.495 e. The van der Waals surface area contributed by atoms with Crippen LogP contribution in [-0.4, -0.2) is 31.7 Å². The van der Waals surface area contributed by atoms with E-state index >= 15 is 0 Å². The number of hydrogen-bond acceptors (Lipinski definition) is 5. The molecule has 2 rings (SSSR count). The van der Waals surface area contributed by atoms with Crippen molar-refractivity contribution in [1.29, 1.82) is 0 Å². The lowest BCUT2D eigenvalue weighted by Gasteiger charge is -2.17. The molecular weight excluding hydrogens is 396 g/mol. The summed E-state index contributed by atoms with van der Waals surface area (Å²) in [6, 6.07) is 8.51. The van der Waals surface area contributed by atoms with E-state index in [1.807, 2.05) is 0 Å². The van der Waals surface area contributed by atoms with Crippen LogP contribution in [0.1, 0.15) is 22.8 Å². The van der Waals surface area contributed by atoms with Gasteiger partial charge in [0.2, 0.25) is 0 Å². The number of benzene rings is 2. The number of halogens is 3. The number of para-hydroxylation sites is 1. The maximum Gasteiger partial charge on any atom is 0.387 e. The van der Waals surface area contributed by atoms with Crippen molar-refractivity contribution in [1.82, 2.24) is 0 Å². The predicted octanol–water partition coefficient (Wildman–Crippen LogP) is 4.44. The molecule has 0 bridgehead atoms. The van der Waals surface area contributed by atoms with Crippen molar-refractivity contribution in [2.45, 2.75) is 26.6 Å². The van der Waals surface area contributed by atoms with Gasteiger partial charge in [-0.25, -0.2) is 4.79 Å². The van der Waals surface area contributed by atoms with Crippen LogP contribution < -0.4 is 14.8 Å². The van der Waals surface area contributed by atoms with Gasteiger partial charge >= 0.3 is 12.6 Å².